The molecule has 0 radical (unpaired) electrons. The first-order valence-corrected chi connectivity index (χ1v) is 10.3. The third-order valence-electron chi connectivity index (χ3n) is 4.78. The molecule has 0 spiro atoms. The summed E-state index contributed by atoms with van der Waals surface area (Å²) in [4.78, 5) is 29.6. The number of nitrogens with zero attached hydrogens (tertiary/aromatic N) is 2. The van der Waals surface area contributed by atoms with Gasteiger partial charge in [0.25, 0.3) is 0 Å². The van der Waals surface area contributed by atoms with Crippen LogP contribution in [0.4, 0.5) is 23.7 Å². The fourth-order valence-corrected chi connectivity index (χ4v) is 4.02. The largest absolute Gasteiger partial charge is 0.416 e. The Kier molecular flexibility index (Phi) is 6.36. The Labute approximate surface area is 180 Å². The van der Waals surface area contributed by atoms with Gasteiger partial charge in [0.2, 0.25) is 5.91 Å². The average Bonchev–Trinajstić information content (AvgIpc) is 2.72. The maximum absolute atomic E-state index is 13.1. The third kappa shape index (κ3) is 4.88. The maximum atomic E-state index is 13.1. The van der Waals surface area contributed by atoms with Crippen molar-refractivity contribution in [2.24, 2.45) is 10.9 Å². The van der Waals surface area contributed by atoms with Gasteiger partial charge in [-0.2, -0.15) is 18.4 Å². The first-order chi connectivity index (χ1) is 14.6. The minimum Gasteiger partial charge on any atom is -0.328 e. The van der Waals surface area contributed by atoms with Crippen LogP contribution in [0.5, 0.6) is 0 Å². The Morgan fingerprint density at radius 3 is 2.65 bits per heavy atom. The van der Waals surface area contributed by atoms with Crippen LogP contribution in [-0.4, -0.2) is 23.9 Å². The number of benzene rings is 2. The molecule has 0 saturated carbocycles. The lowest BCUT2D eigenvalue weighted by Crippen LogP contribution is -2.45. The number of aliphatic imine (C=N–C) groups is 1. The molecule has 0 saturated heterocycles. The number of anilines is 1. The quantitative estimate of drug-likeness (QED) is 0.661. The van der Waals surface area contributed by atoms with Crippen LogP contribution >= 0.6 is 11.8 Å². The number of thioether (sulfide) groups is 1. The van der Waals surface area contributed by atoms with Crippen molar-refractivity contribution in [3.05, 3.63) is 59.2 Å². The predicted octanol–water partition coefficient (Wildman–Crippen LogP) is 4.78. The van der Waals surface area contributed by atoms with E-state index in [9.17, 15) is 22.8 Å². The molecule has 2 aromatic carbocycles. The molecule has 1 unspecified atom stereocenters. The molecule has 2 N–H and O–H groups in total. The summed E-state index contributed by atoms with van der Waals surface area (Å²) in [7, 11) is 0. The van der Waals surface area contributed by atoms with Crippen LogP contribution in [0.25, 0.3) is 0 Å². The lowest BCUT2D eigenvalue weighted by atomic mass is 9.87. The smallest absolute Gasteiger partial charge is 0.328 e. The van der Waals surface area contributed by atoms with Crippen LogP contribution < -0.4 is 10.6 Å². The highest BCUT2D eigenvalue weighted by atomic mass is 32.2. The van der Waals surface area contributed by atoms with Gasteiger partial charge in [-0.05, 0) is 49.1 Å². The van der Waals surface area contributed by atoms with E-state index < -0.39 is 35.6 Å². The number of urea groups is 1. The zero-order chi connectivity index (χ0) is 22.8. The number of carbonyl (C=O) groups is 2. The van der Waals surface area contributed by atoms with E-state index in [0.29, 0.717) is 16.0 Å². The van der Waals surface area contributed by atoms with Crippen molar-refractivity contribution in [3.8, 4) is 6.07 Å². The molecule has 1 aliphatic heterocycles. The fourth-order valence-electron chi connectivity index (χ4n) is 3.35. The molecule has 1 heterocycles. The van der Waals surface area contributed by atoms with Crippen molar-refractivity contribution in [1.82, 2.24) is 5.32 Å². The van der Waals surface area contributed by atoms with E-state index in [4.69, 9.17) is 5.26 Å². The van der Waals surface area contributed by atoms with Crippen molar-refractivity contribution < 1.29 is 22.8 Å². The van der Waals surface area contributed by atoms with E-state index in [1.165, 1.54) is 30.8 Å². The molecule has 0 bridgehead atoms. The number of hydrogen-bond acceptors (Lipinski definition) is 4. The second-order valence-electron chi connectivity index (χ2n) is 6.79. The van der Waals surface area contributed by atoms with E-state index in [1.54, 1.807) is 24.5 Å². The van der Waals surface area contributed by atoms with E-state index in [2.05, 4.69) is 15.6 Å². The van der Waals surface area contributed by atoms with Gasteiger partial charge in [0.15, 0.2) is 0 Å². The molecule has 6 nitrogen and oxygen atoms in total. The summed E-state index contributed by atoms with van der Waals surface area (Å²) in [5.41, 5.74) is 0.354. The van der Waals surface area contributed by atoms with E-state index in [0.717, 1.165) is 12.1 Å². The van der Waals surface area contributed by atoms with E-state index in [-0.39, 0.29) is 11.4 Å². The molecule has 2 atom stereocenters. The Morgan fingerprint density at radius 2 is 2.00 bits per heavy atom. The van der Waals surface area contributed by atoms with Crippen molar-refractivity contribution in [3.63, 3.8) is 0 Å². The maximum Gasteiger partial charge on any atom is 0.416 e. The lowest BCUT2D eigenvalue weighted by molar-refractivity contribution is -0.137. The van der Waals surface area contributed by atoms with Gasteiger partial charge in [-0.3, -0.25) is 4.79 Å². The number of nitrogens with one attached hydrogen (secondary N) is 2. The van der Waals surface area contributed by atoms with Crippen molar-refractivity contribution in [2.75, 3.05) is 11.6 Å². The highest BCUT2D eigenvalue weighted by Crippen LogP contribution is 2.35. The Morgan fingerprint density at radius 1 is 1.26 bits per heavy atom. The molecule has 0 aromatic heterocycles. The minimum absolute atomic E-state index is 0.0202. The van der Waals surface area contributed by atoms with Crippen LogP contribution in [0, 0.1) is 17.2 Å². The van der Waals surface area contributed by atoms with Crippen molar-refractivity contribution in [2.45, 2.75) is 24.0 Å². The summed E-state index contributed by atoms with van der Waals surface area (Å²) in [6.07, 6.45) is -2.75. The normalized spacial score (nSPS) is 18.6. The third-order valence-corrected chi connectivity index (χ3v) is 5.57. The Balaban J connectivity index is 1.97. The van der Waals surface area contributed by atoms with Crippen LogP contribution in [-0.2, 0) is 11.0 Å². The first-order valence-electron chi connectivity index (χ1n) is 9.06. The number of carbonyl (C=O) groups excluding carboxylic acids is 2. The van der Waals surface area contributed by atoms with Crippen LogP contribution in [0.3, 0.4) is 0 Å². The molecule has 31 heavy (non-hydrogen) atoms. The molecule has 3 rings (SSSR count). The van der Waals surface area contributed by atoms with Crippen molar-refractivity contribution in [1.29, 1.82) is 5.26 Å². The van der Waals surface area contributed by atoms with E-state index in [1.807, 2.05) is 6.07 Å². The summed E-state index contributed by atoms with van der Waals surface area (Å²) in [6.45, 7) is 1.52. The predicted molar refractivity (Wildman–Crippen MR) is 111 cm³/mol. The standard InChI is InChI=1S/C21H17F3N4O2S/c1-11-17(19(29)27-14-5-3-4-13(9-14)21(22,23)24)18(28-20(30)26-11)15-7-6-12(10-25)8-16(15)31-2/h3-9,17-18H,1-2H3,(H,27,29)(H,28,30)/t17?,18-/m1/s1. The molecule has 1 aliphatic rings. The molecule has 160 valence electrons. The number of nitriles is 1. The lowest BCUT2D eigenvalue weighted by Gasteiger charge is -2.31. The number of halogens is 3. The summed E-state index contributed by atoms with van der Waals surface area (Å²) >= 11 is 1.34. The topological polar surface area (TPSA) is 94.3 Å². The summed E-state index contributed by atoms with van der Waals surface area (Å²) in [5, 5.41) is 14.3. The SMILES string of the molecule is CSc1cc(C#N)ccc1[C@H]1NC(=O)N=C(C)C1C(=O)Nc1cccc(C(F)(F)F)c1. The molecule has 2 aromatic rings. The van der Waals surface area contributed by atoms with Gasteiger partial charge < -0.3 is 10.6 Å². The number of hydrogen-bond donors (Lipinski definition) is 2. The van der Waals surface area contributed by atoms with Crippen LogP contribution in [0.2, 0.25) is 0 Å². The van der Waals surface area contributed by atoms with Crippen LogP contribution in [0.15, 0.2) is 52.4 Å². The second-order valence-corrected chi connectivity index (χ2v) is 7.64. The van der Waals surface area contributed by atoms with Gasteiger partial charge in [-0.25, -0.2) is 9.79 Å². The monoisotopic (exact) mass is 446 g/mol. The Bertz CT molecular complexity index is 1110. The average molecular weight is 446 g/mol. The first kappa shape index (κ1) is 22.4. The molecule has 0 aliphatic carbocycles. The summed E-state index contributed by atoms with van der Waals surface area (Å²) in [5.74, 6) is -1.56. The van der Waals surface area contributed by atoms with Gasteiger partial charge in [0, 0.05) is 16.3 Å². The zero-order valence-corrected chi connectivity index (χ0v) is 17.3. The zero-order valence-electron chi connectivity index (χ0n) is 16.4. The number of rotatable bonds is 4. The molecular weight excluding hydrogens is 429 g/mol. The van der Waals surface area contributed by atoms with Gasteiger partial charge in [0.1, 0.15) is 5.92 Å². The second kappa shape index (κ2) is 8.81. The Hall–Kier alpha value is -3.32. The van der Waals surface area contributed by atoms with E-state index >= 15 is 0 Å². The number of amides is 3. The van der Waals surface area contributed by atoms with Gasteiger partial charge in [-0.1, -0.05) is 12.1 Å². The molecule has 3 amide bonds. The summed E-state index contributed by atoms with van der Waals surface area (Å²) in [6, 6.07) is 9.79. The molecule has 10 heteroatoms. The molecule has 0 fully saturated rings. The fraction of sp³-hybridized carbons (Fsp3) is 0.238. The van der Waals surface area contributed by atoms with Crippen LogP contribution in [0.1, 0.15) is 29.7 Å². The van der Waals surface area contributed by atoms with Gasteiger partial charge in [0.05, 0.1) is 23.2 Å². The molecular formula is C21H17F3N4O2S. The number of alkyl halides is 3. The van der Waals surface area contributed by atoms with Gasteiger partial charge >= 0.3 is 12.2 Å². The van der Waals surface area contributed by atoms with Crippen molar-refractivity contribution >= 4 is 35.1 Å². The van der Waals surface area contributed by atoms with Gasteiger partial charge in [-0.15, -0.1) is 11.8 Å². The highest BCUT2D eigenvalue weighted by Gasteiger charge is 2.38. The summed E-state index contributed by atoms with van der Waals surface area (Å²) < 4.78 is 39.0. The highest BCUT2D eigenvalue weighted by molar-refractivity contribution is 7.98. The minimum atomic E-state index is -4.55.